The van der Waals surface area contributed by atoms with Crippen molar-refractivity contribution in [1.82, 2.24) is 0 Å². The van der Waals surface area contributed by atoms with Crippen LogP contribution in [0.5, 0.6) is 0 Å². The highest BCUT2D eigenvalue weighted by atomic mass is 16.5. The molecule has 1 aliphatic carbocycles. The molecule has 2 rings (SSSR count). The van der Waals surface area contributed by atoms with Gasteiger partial charge in [0.2, 0.25) is 0 Å². The average Bonchev–Trinajstić information content (AvgIpc) is 3.16. The summed E-state index contributed by atoms with van der Waals surface area (Å²) in [6, 6.07) is 8.89. The van der Waals surface area contributed by atoms with Crippen LogP contribution in [0.3, 0.4) is 0 Å². The molecule has 0 amide bonds. The van der Waals surface area contributed by atoms with Gasteiger partial charge in [0.1, 0.15) is 0 Å². The van der Waals surface area contributed by atoms with Crippen LogP contribution in [0.25, 0.3) is 5.57 Å². The molecule has 0 radical (unpaired) electrons. The molecule has 0 N–H and O–H groups in total. The minimum atomic E-state index is -1.67. The van der Waals surface area contributed by atoms with Crippen molar-refractivity contribution in [3.05, 3.63) is 52.6 Å². The number of methoxy groups -OCH3 is 2. The van der Waals surface area contributed by atoms with E-state index in [1.807, 2.05) is 6.07 Å². The largest absolute Gasteiger partial charge is 0.468 e. The van der Waals surface area contributed by atoms with Gasteiger partial charge in [-0.1, -0.05) is 30.3 Å². The molecule has 0 saturated heterocycles. The number of hydrogen-bond acceptors (Lipinski definition) is 7. The van der Waals surface area contributed by atoms with E-state index in [-0.39, 0.29) is 30.8 Å². The van der Waals surface area contributed by atoms with Gasteiger partial charge in [0, 0.05) is 18.4 Å². The number of carbonyl (C=O) groups is 4. The van der Waals surface area contributed by atoms with E-state index in [1.54, 1.807) is 38.1 Å². The van der Waals surface area contributed by atoms with Gasteiger partial charge < -0.3 is 14.2 Å². The molecular formula is C23H26O7. The fourth-order valence-electron chi connectivity index (χ4n) is 3.78. The van der Waals surface area contributed by atoms with Gasteiger partial charge >= 0.3 is 17.9 Å². The molecule has 1 aromatic rings. The van der Waals surface area contributed by atoms with Crippen molar-refractivity contribution in [2.75, 3.05) is 20.8 Å². The van der Waals surface area contributed by atoms with Crippen LogP contribution in [0.4, 0.5) is 0 Å². The Labute approximate surface area is 175 Å². The molecule has 0 saturated carbocycles. The summed E-state index contributed by atoms with van der Waals surface area (Å²) in [6.45, 7) is 4.92. The Balaban J connectivity index is 2.73. The van der Waals surface area contributed by atoms with Crippen LogP contribution in [-0.2, 0) is 33.4 Å². The highest BCUT2D eigenvalue weighted by molar-refractivity contribution is 6.19. The van der Waals surface area contributed by atoms with Crippen molar-refractivity contribution < 1.29 is 33.4 Å². The number of hydrogen-bond donors (Lipinski definition) is 0. The van der Waals surface area contributed by atoms with Crippen LogP contribution in [0, 0.1) is 5.41 Å². The molecule has 0 unspecified atom stereocenters. The summed E-state index contributed by atoms with van der Waals surface area (Å²) in [5.74, 6) is -2.41. The molecule has 1 aromatic carbocycles. The zero-order valence-corrected chi connectivity index (χ0v) is 17.9. The lowest BCUT2D eigenvalue weighted by molar-refractivity contribution is -0.168. The van der Waals surface area contributed by atoms with E-state index in [0.717, 1.165) is 0 Å². The lowest BCUT2D eigenvalue weighted by atomic mass is 9.82. The number of ether oxygens (including phenoxy) is 3. The first-order chi connectivity index (χ1) is 14.2. The highest BCUT2D eigenvalue weighted by Gasteiger charge is 2.54. The Morgan fingerprint density at radius 1 is 0.900 bits per heavy atom. The number of esters is 3. The minimum Gasteiger partial charge on any atom is -0.468 e. The molecular weight excluding hydrogens is 388 g/mol. The van der Waals surface area contributed by atoms with Crippen molar-refractivity contribution in [1.29, 1.82) is 0 Å². The maximum atomic E-state index is 12.8. The zero-order valence-electron chi connectivity index (χ0n) is 17.9. The Kier molecular flexibility index (Phi) is 7.32. The fraction of sp³-hybridized carbons (Fsp3) is 0.391. The van der Waals surface area contributed by atoms with E-state index in [4.69, 9.17) is 14.2 Å². The quantitative estimate of drug-likeness (QED) is 0.293. The summed E-state index contributed by atoms with van der Waals surface area (Å²) < 4.78 is 15.0. The minimum absolute atomic E-state index is 0.108. The molecule has 30 heavy (non-hydrogen) atoms. The maximum Gasteiger partial charge on any atom is 0.339 e. The third-order valence-electron chi connectivity index (χ3n) is 5.27. The first-order valence-corrected chi connectivity index (χ1v) is 9.57. The SMILES string of the molecule is CCOC(=O)/C(=C(/C)C1=C(C(C)=O)CC(C(=O)OC)(C(=O)OC)C1)c1ccccc1. The number of Topliss-reactive ketones (excluding diaryl/α,β-unsaturated/α-hetero) is 1. The molecule has 7 nitrogen and oxygen atoms in total. The lowest BCUT2D eigenvalue weighted by Gasteiger charge is -2.23. The molecule has 7 heteroatoms. The third kappa shape index (κ3) is 4.20. The van der Waals surface area contributed by atoms with Gasteiger partial charge in [-0.3, -0.25) is 14.4 Å². The number of benzene rings is 1. The van der Waals surface area contributed by atoms with E-state index in [2.05, 4.69) is 0 Å². The summed E-state index contributed by atoms with van der Waals surface area (Å²) in [7, 11) is 2.35. The fourth-order valence-corrected chi connectivity index (χ4v) is 3.78. The third-order valence-corrected chi connectivity index (χ3v) is 5.27. The first-order valence-electron chi connectivity index (χ1n) is 9.57. The van der Waals surface area contributed by atoms with Gasteiger partial charge in [-0.25, -0.2) is 4.79 Å². The molecule has 0 spiro atoms. The van der Waals surface area contributed by atoms with E-state index in [1.165, 1.54) is 21.1 Å². The lowest BCUT2D eigenvalue weighted by Crippen LogP contribution is -2.39. The summed E-state index contributed by atoms with van der Waals surface area (Å²) >= 11 is 0. The zero-order chi connectivity index (χ0) is 22.5. The summed E-state index contributed by atoms with van der Waals surface area (Å²) in [5, 5.41) is 0. The van der Waals surface area contributed by atoms with E-state index in [0.29, 0.717) is 22.3 Å². The molecule has 0 heterocycles. The second-order valence-corrected chi connectivity index (χ2v) is 7.02. The molecule has 0 fully saturated rings. The van der Waals surface area contributed by atoms with Gasteiger partial charge in [-0.05, 0) is 37.5 Å². The molecule has 160 valence electrons. The number of ketones is 1. The Morgan fingerprint density at radius 2 is 1.43 bits per heavy atom. The van der Waals surface area contributed by atoms with Gasteiger partial charge in [-0.2, -0.15) is 0 Å². The standard InChI is InChI=1S/C23H26O7/c1-6-30-20(25)19(16-10-8-7-9-11-16)14(2)17-12-23(21(26)28-4,22(27)29-5)13-18(17)15(3)24/h7-11H,6,12-13H2,1-5H3/b19-14-. The summed E-state index contributed by atoms with van der Waals surface area (Å²) in [6.07, 6.45) is -0.262. The van der Waals surface area contributed by atoms with Gasteiger partial charge in [0.15, 0.2) is 11.2 Å². The number of allylic oxidation sites excluding steroid dienone is 3. The van der Waals surface area contributed by atoms with Gasteiger partial charge in [0.05, 0.1) is 26.4 Å². The van der Waals surface area contributed by atoms with Crippen molar-refractivity contribution >= 4 is 29.3 Å². The Morgan fingerprint density at radius 3 is 1.90 bits per heavy atom. The normalized spacial score (nSPS) is 15.9. The Hall–Kier alpha value is -3.22. The van der Waals surface area contributed by atoms with Crippen molar-refractivity contribution in [3.63, 3.8) is 0 Å². The van der Waals surface area contributed by atoms with Gasteiger partial charge in [0.25, 0.3) is 0 Å². The first kappa shape index (κ1) is 23.1. The second-order valence-electron chi connectivity index (χ2n) is 7.02. The summed E-state index contributed by atoms with van der Waals surface area (Å²) in [4.78, 5) is 50.4. The molecule has 0 atom stereocenters. The molecule has 1 aliphatic rings. The van der Waals surface area contributed by atoms with E-state index < -0.39 is 23.3 Å². The van der Waals surface area contributed by atoms with Crippen LogP contribution >= 0.6 is 0 Å². The smallest absolute Gasteiger partial charge is 0.339 e. The van der Waals surface area contributed by atoms with E-state index in [9.17, 15) is 19.2 Å². The maximum absolute atomic E-state index is 12.8. The van der Waals surface area contributed by atoms with Crippen molar-refractivity contribution in [2.45, 2.75) is 33.6 Å². The van der Waals surface area contributed by atoms with Gasteiger partial charge in [-0.15, -0.1) is 0 Å². The van der Waals surface area contributed by atoms with Crippen LogP contribution in [0.15, 0.2) is 47.1 Å². The van der Waals surface area contributed by atoms with Crippen LogP contribution < -0.4 is 0 Å². The molecule has 0 aromatic heterocycles. The predicted octanol–water partition coefficient (Wildman–Crippen LogP) is 3.04. The molecule has 0 aliphatic heterocycles. The van der Waals surface area contributed by atoms with E-state index >= 15 is 0 Å². The number of carbonyl (C=O) groups excluding carboxylic acids is 4. The molecule has 0 bridgehead atoms. The second kappa shape index (κ2) is 9.52. The number of rotatable bonds is 7. The highest BCUT2D eigenvalue weighted by Crippen LogP contribution is 2.48. The van der Waals surface area contributed by atoms with Crippen LogP contribution in [0.1, 0.15) is 39.2 Å². The topological polar surface area (TPSA) is 96.0 Å². The summed E-state index contributed by atoms with van der Waals surface area (Å²) in [5.41, 5.74) is 0.428. The van der Waals surface area contributed by atoms with Crippen molar-refractivity contribution in [3.8, 4) is 0 Å². The predicted molar refractivity (Wildman–Crippen MR) is 109 cm³/mol. The monoisotopic (exact) mass is 414 g/mol. The Bertz CT molecular complexity index is 906. The van der Waals surface area contributed by atoms with Crippen LogP contribution in [-0.4, -0.2) is 44.5 Å². The average molecular weight is 414 g/mol. The van der Waals surface area contributed by atoms with Crippen LogP contribution in [0.2, 0.25) is 0 Å². The van der Waals surface area contributed by atoms with Crippen molar-refractivity contribution in [2.24, 2.45) is 5.41 Å².